The molecule has 3 rings (SSSR count). The number of nitrogens with two attached hydrogens (primary N) is 1. The molecule has 18 heavy (non-hydrogen) atoms. The van der Waals surface area contributed by atoms with Crippen LogP contribution in [0.3, 0.4) is 0 Å². The molecule has 0 saturated heterocycles. The fourth-order valence-corrected chi connectivity index (χ4v) is 1.92. The van der Waals surface area contributed by atoms with E-state index in [1.807, 2.05) is 13.0 Å². The quantitative estimate of drug-likeness (QED) is 0.689. The van der Waals surface area contributed by atoms with Crippen LogP contribution in [0, 0.1) is 12.7 Å². The summed E-state index contributed by atoms with van der Waals surface area (Å²) in [6.07, 6.45) is 0. The molecule has 0 aliphatic carbocycles. The predicted octanol–water partition coefficient (Wildman–Crippen LogP) is 2.65. The third-order valence-electron chi connectivity index (χ3n) is 2.68. The number of nitrogens with one attached hydrogen (secondary N) is 1. The molecule has 2 heterocycles. The minimum Gasteiger partial charge on any atom is -0.384 e. The van der Waals surface area contributed by atoms with Crippen LogP contribution in [-0.2, 0) is 0 Å². The van der Waals surface area contributed by atoms with E-state index in [1.165, 1.54) is 12.1 Å². The number of imidazole rings is 1. The van der Waals surface area contributed by atoms with Gasteiger partial charge < -0.3 is 10.7 Å². The molecule has 0 atom stereocenters. The summed E-state index contributed by atoms with van der Waals surface area (Å²) < 4.78 is 13.4. The number of H-pyrrole nitrogens is 1. The average molecular weight is 242 g/mol. The van der Waals surface area contributed by atoms with Crippen molar-refractivity contribution in [1.82, 2.24) is 15.0 Å². The summed E-state index contributed by atoms with van der Waals surface area (Å²) in [4.78, 5) is 11.5. The van der Waals surface area contributed by atoms with Crippen molar-refractivity contribution in [2.24, 2.45) is 0 Å². The number of fused-ring (bicyclic) bond motifs is 1. The van der Waals surface area contributed by atoms with Gasteiger partial charge in [0, 0.05) is 5.56 Å². The normalized spacial score (nSPS) is 11.0. The molecule has 2 aromatic heterocycles. The minimum absolute atomic E-state index is 0.280. The summed E-state index contributed by atoms with van der Waals surface area (Å²) in [5, 5.41) is 0. The fraction of sp³-hybridized carbons (Fsp3) is 0.0769. The molecule has 0 spiro atoms. The first-order valence-corrected chi connectivity index (χ1v) is 5.51. The van der Waals surface area contributed by atoms with Crippen LogP contribution in [0.25, 0.3) is 22.6 Å². The molecule has 0 saturated carbocycles. The van der Waals surface area contributed by atoms with Crippen LogP contribution < -0.4 is 5.73 Å². The van der Waals surface area contributed by atoms with Crippen LogP contribution in [0.2, 0.25) is 0 Å². The highest BCUT2D eigenvalue weighted by Gasteiger charge is 2.08. The van der Waals surface area contributed by atoms with E-state index in [2.05, 4.69) is 15.0 Å². The third kappa shape index (κ3) is 1.79. The van der Waals surface area contributed by atoms with E-state index in [0.29, 0.717) is 22.9 Å². The molecule has 3 aromatic rings. The van der Waals surface area contributed by atoms with Gasteiger partial charge in [0.15, 0.2) is 5.65 Å². The van der Waals surface area contributed by atoms with Crippen LogP contribution >= 0.6 is 0 Å². The van der Waals surface area contributed by atoms with Gasteiger partial charge in [0.25, 0.3) is 0 Å². The SMILES string of the molecule is Cc1cc(F)cc(-c2nc3nc(N)ccc3[nH]2)c1. The Labute approximate surface area is 103 Å². The smallest absolute Gasteiger partial charge is 0.180 e. The number of aromatic amines is 1. The summed E-state index contributed by atoms with van der Waals surface area (Å²) in [7, 11) is 0. The van der Waals surface area contributed by atoms with Gasteiger partial charge in [-0.15, -0.1) is 0 Å². The highest BCUT2D eigenvalue weighted by molar-refractivity contribution is 5.77. The maximum absolute atomic E-state index is 13.4. The number of pyridine rings is 1. The maximum Gasteiger partial charge on any atom is 0.180 e. The minimum atomic E-state index is -0.280. The van der Waals surface area contributed by atoms with Gasteiger partial charge in [0.05, 0.1) is 5.52 Å². The molecule has 5 heteroatoms. The Morgan fingerprint density at radius 3 is 2.78 bits per heavy atom. The number of nitrogen functional groups attached to an aromatic ring is 1. The maximum atomic E-state index is 13.4. The largest absolute Gasteiger partial charge is 0.384 e. The van der Waals surface area contributed by atoms with Gasteiger partial charge >= 0.3 is 0 Å². The van der Waals surface area contributed by atoms with Gasteiger partial charge in [-0.3, -0.25) is 0 Å². The molecule has 90 valence electrons. The topological polar surface area (TPSA) is 67.6 Å². The number of benzene rings is 1. The van der Waals surface area contributed by atoms with E-state index in [9.17, 15) is 4.39 Å². The number of aryl methyl sites for hydroxylation is 1. The lowest BCUT2D eigenvalue weighted by Gasteiger charge is -1.99. The van der Waals surface area contributed by atoms with E-state index >= 15 is 0 Å². The van der Waals surface area contributed by atoms with Gasteiger partial charge in [-0.05, 0) is 42.8 Å². The first-order chi connectivity index (χ1) is 8.61. The Balaban J connectivity index is 2.19. The van der Waals surface area contributed by atoms with Crippen LogP contribution in [0.4, 0.5) is 10.2 Å². The second-order valence-corrected chi connectivity index (χ2v) is 4.21. The molecule has 3 N–H and O–H groups in total. The monoisotopic (exact) mass is 242 g/mol. The van der Waals surface area contributed by atoms with Gasteiger partial charge in [0.1, 0.15) is 17.5 Å². The van der Waals surface area contributed by atoms with Crippen molar-refractivity contribution in [3.63, 3.8) is 0 Å². The molecule has 0 bridgehead atoms. The summed E-state index contributed by atoms with van der Waals surface area (Å²) in [5.74, 6) is 0.722. The summed E-state index contributed by atoms with van der Waals surface area (Å²) in [5.41, 5.74) is 8.45. The van der Waals surface area contributed by atoms with E-state index in [1.54, 1.807) is 12.1 Å². The zero-order valence-corrected chi connectivity index (χ0v) is 9.74. The number of nitrogens with zero attached hydrogens (tertiary/aromatic N) is 2. The van der Waals surface area contributed by atoms with Gasteiger partial charge in [-0.2, -0.15) is 0 Å². The van der Waals surface area contributed by atoms with E-state index < -0.39 is 0 Å². The van der Waals surface area contributed by atoms with Crippen molar-refractivity contribution in [2.45, 2.75) is 6.92 Å². The Kier molecular flexibility index (Phi) is 2.26. The number of hydrogen-bond donors (Lipinski definition) is 2. The molecule has 0 aliphatic heterocycles. The van der Waals surface area contributed by atoms with E-state index in [0.717, 1.165) is 11.1 Å². The molecule has 0 unspecified atom stereocenters. The van der Waals surface area contributed by atoms with Gasteiger partial charge in [-0.1, -0.05) is 0 Å². The third-order valence-corrected chi connectivity index (χ3v) is 2.68. The zero-order valence-electron chi connectivity index (χ0n) is 9.74. The number of anilines is 1. The lowest BCUT2D eigenvalue weighted by atomic mass is 10.1. The van der Waals surface area contributed by atoms with E-state index in [4.69, 9.17) is 5.73 Å². The van der Waals surface area contributed by atoms with E-state index in [-0.39, 0.29) is 5.82 Å². The summed E-state index contributed by atoms with van der Waals surface area (Å²) in [6, 6.07) is 8.28. The molecule has 0 aliphatic rings. The molecule has 0 radical (unpaired) electrons. The number of rotatable bonds is 1. The summed E-state index contributed by atoms with van der Waals surface area (Å²) >= 11 is 0. The Morgan fingerprint density at radius 1 is 1.17 bits per heavy atom. The highest BCUT2D eigenvalue weighted by atomic mass is 19.1. The zero-order chi connectivity index (χ0) is 12.7. The van der Waals surface area contributed by atoms with Crippen molar-refractivity contribution in [3.8, 4) is 11.4 Å². The van der Waals surface area contributed by atoms with Crippen LogP contribution in [0.1, 0.15) is 5.56 Å². The van der Waals surface area contributed by atoms with Crippen molar-refractivity contribution in [2.75, 3.05) is 5.73 Å². The molecule has 4 nitrogen and oxygen atoms in total. The van der Waals surface area contributed by atoms with Crippen LogP contribution in [-0.4, -0.2) is 15.0 Å². The Hall–Kier alpha value is -2.43. The number of halogens is 1. The second kappa shape index (κ2) is 3.80. The first kappa shape index (κ1) is 10.7. The van der Waals surface area contributed by atoms with Gasteiger partial charge in [-0.25, -0.2) is 14.4 Å². The number of aromatic nitrogens is 3. The molecule has 0 fully saturated rings. The van der Waals surface area contributed by atoms with Crippen molar-refractivity contribution >= 4 is 17.0 Å². The highest BCUT2D eigenvalue weighted by Crippen LogP contribution is 2.22. The van der Waals surface area contributed by atoms with Crippen LogP contribution in [0.5, 0.6) is 0 Å². The molecule has 0 amide bonds. The lowest BCUT2D eigenvalue weighted by molar-refractivity contribution is 0.627. The van der Waals surface area contributed by atoms with Crippen molar-refractivity contribution in [1.29, 1.82) is 0 Å². The Morgan fingerprint density at radius 2 is 2.00 bits per heavy atom. The van der Waals surface area contributed by atoms with Gasteiger partial charge in [0.2, 0.25) is 0 Å². The second-order valence-electron chi connectivity index (χ2n) is 4.21. The molecule has 1 aromatic carbocycles. The molecular formula is C13H11FN4. The van der Waals surface area contributed by atoms with Crippen LogP contribution in [0.15, 0.2) is 30.3 Å². The number of hydrogen-bond acceptors (Lipinski definition) is 3. The average Bonchev–Trinajstić information content (AvgIpc) is 2.70. The lowest BCUT2D eigenvalue weighted by Crippen LogP contribution is -1.88. The molecular weight excluding hydrogens is 231 g/mol. The predicted molar refractivity (Wildman–Crippen MR) is 68.4 cm³/mol. The first-order valence-electron chi connectivity index (χ1n) is 5.51. The van der Waals surface area contributed by atoms with Crippen molar-refractivity contribution in [3.05, 3.63) is 41.7 Å². The standard InChI is InChI=1S/C13H11FN4/c1-7-4-8(6-9(14)5-7)12-16-10-2-3-11(15)17-13(10)18-12/h2-6H,1H3,(H3,15,16,17,18). The fourth-order valence-electron chi connectivity index (χ4n) is 1.92. The summed E-state index contributed by atoms with van der Waals surface area (Å²) in [6.45, 7) is 1.84. The Bertz CT molecular complexity index is 713. The van der Waals surface area contributed by atoms with Crippen molar-refractivity contribution < 1.29 is 4.39 Å².